The number of hydrogen-bond donors (Lipinski definition) is 2. The summed E-state index contributed by atoms with van der Waals surface area (Å²) in [6.45, 7) is 2.43. The van der Waals surface area contributed by atoms with Gasteiger partial charge in [-0.25, -0.2) is 4.98 Å². The Labute approximate surface area is 149 Å². The molecule has 0 bridgehead atoms. The van der Waals surface area contributed by atoms with E-state index in [1.807, 2.05) is 43.5 Å². The van der Waals surface area contributed by atoms with E-state index in [0.29, 0.717) is 23.7 Å². The lowest BCUT2D eigenvalue weighted by Gasteiger charge is -2.07. The number of amides is 1. The highest BCUT2D eigenvalue weighted by atomic mass is 35.5. The van der Waals surface area contributed by atoms with Gasteiger partial charge in [-0.05, 0) is 41.6 Å². The lowest BCUT2D eigenvalue weighted by Crippen LogP contribution is -2.25. The Hall–Kier alpha value is -2.79. The van der Waals surface area contributed by atoms with Crippen molar-refractivity contribution in [3.05, 3.63) is 70.8 Å². The first kappa shape index (κ1) is 15.7. The van der Waals surface area contributed by atoms with Gasteiger partial charge in [-0.1, -0.05) is 30.7 Å². The van der Waals surface area contributed by atoms with Crippen LogP contribution in [0.4, 0.5) is 0 Å². The Bertz CT molecular complexity index is 1080. The number of H-pyrrole nitrogens is 1. The van der Waals surface area contributed by atoms with E-state index in [1.165, 1.54) is 0 Å². The van der Waals surface area contributed by atoms with Crippen LogP contribution in [0.2, 0.25) is 5.02 Å². The van der Waals surface area contributed by atoms with Crippen LogP contribution in [0.25, 0.3) is 16.6 Å². The van der Waals surface area contributed by atoms with Crippen LogP contribution in [-0.2, 0) is 13.0 Å². The molecule has 0 atom stereocenters. The monoisotopic (exact) mass is 352 g/mol. The van der Waals surface area contributed by atoms with Crippen LogP contribution in [0.3, 0.4) is 0 Å². The number of carbonyl (C=O) groups excluding carboxylic acids is 1. The summed E-state index contributed by atoms with van der Waals surface area (Å²) in [4.78, 5) is 20.5. The molecule has 0 saturated carbocycles. The summed E-state index contributed by atoms with van der Waals surface area (Å²) in [6, 6.07) is 11.7. The molecule has 25 heavy (non-hydrogen) atoms. The largest absolute Gasteiger partial charge is 0.361 e. The summed E-state index contributed by atoms with van der Waals surface area (Å²) >= 11 is 6.08. The molecule has 3 aromatic heterocycles. The van der Waals surface area contributed by atoms with Crippen molar-refractivity contribution >= 4 is 34.1 Å². The van der Waals surface area contributed by atoms with Crippen LogP contribution in [0.5, 0.6) is 0 Å². The standard InChI is InChI=1S/C19H17ClN4O/c1-2-15-18(24-11-14(20)5-6-17(24)23-15)19(25)22-10-12-3-4-13-7-8-21-16(13)9-12/h3-9,11,21H,2,10H2,1H3,(H,22,25). The first-order valence-electron chi connectivity index (χ1n) is 8.16. The fraction of sp³-hybridized carbons (Fsp3) is 0.158. The molecule has 0 radical (unpaired) electrons. The third-order valence-corrected chi connectivity index (χ3v) is 4.50. The number of aryl methyl sites for hydroxylation is 1. The van der Waals surface area contributed by atoms with Crippen LogP contribution in [0.15, 0.2) is 48.8 Å². The average Bonchev–Trinajstić information content (AvgIpc) is 3.22. The van der Waals surface area contributed by atoms with E-state index < -0.39 is 0 Å². The van der Waals surface area contributed by atoms with Gasteiger partial charge in [0.25, 0.3) is 5.91 Å². The Morgan fingerprint density at radius 1 is 1.28 bits per heavy atom. The number of fused-ring (bicyclic) bond motifs is 2. The molecule has 6 heteroatoms. The molecule has 0 unspecified atom stereocenters. The molecule has 1 aromatic carbocycles. The number of nitrogens with one attached hydrogen (secondary N) is 2. The van der Waals surface area contributed by atoms with Gasteiger partial charge in [0.15, 0.2) is 0 Å². The van der Waals surface area contributed by atoms with E-state index >= 15 is 0 Å². The van der Waals surface area contributed by atoms with Gasteiger partial charge < -0.3 is 10.3 Å². The van der Waals surface area contributed by atoms with Gasteiger partial charge in [-0.2, -0.15) is 0 Å². The molecule has 0 fully saturated rings. The smallest absolute Gasteiger partial charge is 0.270 e. The molecular weight excluding hydrogens is 336 g/mol. The number of aromatic amines is 1. The lowest BCUT2D eigenvalue weighted by molar-refractivity contribution is 0.0944. The van der Waals surface area contributed by atoms with Gasteiger partial charge in [0.1, 0.15) is 11.3 Å². The first-order chi connectivity index (χ1) is 12.2. The zero-order chi connectivity index (χ0) is 17.4. The number of hydrogen-bond acceptors (Lipinski definition) is 2. The van der Waals surface area contributed by atoms with Crippen LogP contribution in [-0.4, -0.2) is 20.3 Å². The number of rotatable bonds is 4. The zero-order valence-electron chi connectivity index (χ0n) is 13.7. The third kappa shape index (κ3) is 2.87. The van der Waals surface area contributed by atoms with Crippen molar-refractivity contribution in [2.45, 2.75) is 19.9 Å². The second kappa shape index (κ2) is 6.26. The topological polar surface area (TPSA) is 62.2 Å². The minimum atomic E-state index is -0.154. The molecule has 4 aromatic rings. The normalized spacial score (nSPS) is 11.3. The van der Waals surface area contributed by atoms with E-state index in [1.54, 1.807) is 16.7 Å². The molecule has 0 spiro atoms. The van der Waals surface area contributed by atoms with Crippen molar-refractivity contribution in [3.8, 4) is 0 Å². The zero-order valence-corrected chi connectivity index (χ0v) is 14.5. The predicted octanol–water partition coefficient (Wildman–Crippen LogP) is 3.96. The number of imidazole rings is 1. The van der Waals surface area contributed by atoms with Crippen molar-refractivity contribution in [2.24, 2.45) is 0 Å². The quantitative estimate of drug-likeness (QED) is 0.584. The summed E-state index contributed by atoms with van der Waals surface area (Å²) in [7, 11) is 0. The van der Waals surface area contributed by atoms with Gasteiger partial charge >= 0.3 is 0 Å². The van der Waals surface area contributed by atoms with Crippen LogP contribution < -0.4 is 5.32 Å². The van der Waals surface area contributed by atoms with Gasteiger partial charge in [-0.3, -0.25) is 9.20 Å². The van der Waals surface area contributed by atoms with E-state index in [9.17, 15) is 4.79 Å². The fourth-order valence-corrected chi connectivity index (χ4v) is 3.19. The summed E-state index contributed by atoms with van der Waals surface area (Å²) < 4.78 is 1.75. The van der Waals surface area contributed by atoms with E-state index in [4.69, 9.17) is 11.6 Å². The maximum absolute atomic E-state index is 12.8. The van der Waals surface area contributed by atoms with E-state index in [0.717, 1.165) is 27.8 Å². The second-order valence-corrected chi connectivity index (χ2v) is 6.35. The van der Waals surface area contributed by atoms with Crippen molar-refractivity contribution in [2.75, 3.05) is 0 Å². The molecule has 5 nitrogen and oxygen atoms in total. The molecule has 126 valence electrons. The molecule has 0 aliphatic heterocycles. The van der Waals surface area contributed by atoms with Crippen molar-refractivity contribution in [3.63, 3.8) is 0 Å². The molecule has 4 rings (SSSR count). The van der Waals surface area contributed by atoms with Gasteiger partial charge in [0.05, 0.1) is 10.7 Å². The van der Waals surface area contributed by atoms with Gasteiger partial charge in [-0.15, -0.1) is 0 Å². The second-order valence-electron chi connectivity index (χ2n) is 5.92. The number of nitrogens with zero attached hydrogens (tertiary/aromatic N) is 2. The molecule has 0 aliphatic carbocycles. The number of pyridine rings is 1. The fourth-order valence-electron chi connectivity index (χ4n) is 3.03. The van der Waals surface area contributed by atoms with Crippen LogP contribution in [0, 0.1) is 0 Å². The SMILES string of the molecule is CCc1nc2ccc(Cl)cn2c1C(=O)NCc1ccc2cc[nH]c2c1. The number of aromatic nitrogens is 3. The highest BCUT2D eigenvalue weighted by molar-refractivity contribution is 6.30. The molecule has 0 aliphatic rings. The Balaban J connectivity index is 1.62. The number of benzene rings is 1. The lowest BCUT2D eigenvalue weighted by atomic mass is 10.1. The van der Waals surface area contributed by atoms with Gasteiger partial charge in [0.2, 0.25) is 0 Å². The number of halogens is 1. The molecular formula is C19H17ClN4O. The van der Waals surface area contributed by atoms with E-state index in [-0.39, 0.29) is 5.91 Å². The molecule has 2 N–H and O–H groups in total. The summed E-state index contributed by atoms with van der Waals surface area (Å²) in [5.74, 6) is -0.154. The van der Waals surface area contributed by atoms with E-state index in [2.05, 4.69) is 15.3 Å². The minimum Gasteiger partial charge on any atom is -0.361 e. The van der Waals surface area contributed by atoms with Crippen molar-refractivity contribution < 1.29 is 4.79 Å². The highest BCUT2D eigenvalue weighted by Crippen LogP contribution is 2.18. The van der Waals surface area contributed by atoms with Gasteiger partial charge in [0, 0.05) is 24.5 Å². The minimum absolute atomic E-state index is 0.154. The van der Waals surface area contributed by atoms with Crippen LogP contribution in [0.1, 0.15) is 28.7 Å². The summed E-state index contributed by atoms with van der Waals surface area (Å²) in [5, 5.41) is 4.71. The third-order valence-electron chi connectivity index (χ3n) is 4.28. The van der Waals surface area contributed by atoms with Crippen molar-refractivity contribution in [1.29, 1.82) is 0 Å². The first-order valence-corrected chi connectivity index (χ1v) is 8.54. The van der Waals surface area contributed by atoms with Crippen LogP contribution >= 0.6 is 11.6 Å². The number of carbonyl (C=O) groups is 1. The molecule has 3 heterocycles. The molecule has 0 saturated heterocycles. The molecule has 1 amide bonds. The maximum atomic E-state index is 12.8. The maximum Gasteiger partial charge on any atom is 0.270 e. The highest BCUT2D eigenvalue weighted by Gasteiger charge is 2.18. The Kier molecular flexibility index (Phi) is 3.93. The average molecular weight is 353 g/mol. The predicted molar refractivity (Wildman–Crippen MR) is 99.0 cm³/mol. The summed E-state index contributed by atoms with van der Waals surface area (Å²) in [5.41, 5.74) is 4.12. The Morgan fingerprint density at radius 2 is 2.16 bits per heavy atom. The summed E-state index contributed by atoms with van der Waals surface area (Å²) in [6.07, 6.45) is 4.31. The van der Waals surface area contributed by atoms with Crippen molar-refractivity contribution in [1.82, 2.24) is 19.7 Å². The Morgan fingerprint density at radius 3 is 3.00 bits per heavy atom.